The van der Waals surface area contributed by atoms with Gasteiger partial charge in [0.15, 0.2) is 0 Å². The summed E-state index contributed by atoms with van der Waals surface area (Å²) >= 11 is 0. The molecular weight excluding hydrogens is 314 g/mol. The molecule has 0 saturated heterocycles. The summed E-state index contributed by atoms with van der Waals surface area (Å²) in [5.41, 5.74) is 2.57. The molecule has 0 unspecified atom stereocenters. The average molecular weight is 341 g/mol. The van der Waals surface area contributed by atoms with Crippen LogP contribution in [0.5, 0.6) is 5.75 Å². The summed E-state index contributed by atoms with van der Waals surface area (Å²) in [6.07, 6.45) is 3.80. The molecular formula is C20H27N3O2. The van der Waals surface area contributed by atoms with Crippen molar-refractivity contribution in [2.45, 2.75) is 58.5 Å². The number of hydrogen-bond donors (Lipinski definition) is 1. The lowest BCUT2D eigenvalue weighted by Crippen LogP contribution is -2.29. The third kappa shape index (κ3) is 3.70. The maximum Gasteiger partial charge on any atom is 0.272 e. The molecule has 25 heavy (non-hydrogen) atoms. The van der Waals surface area contributed by atoms with Gasteiger partial charge in [-0.25, -0.2) is 0 Å². The number of aromatic nitrogens is 2. The Morgan fingerprint density at radius 2 is 2.12 bits per heavy atom. The summed E-state index contributed by atoms with van der Waals surface area (Å²) in [5.74, 6) is 0.749. The fraction of sp³-hybridized carbons (Fsp3) is 0.500. The predicted octanol–water partition coefficient (Wildman–Crippen LogP) is 4.20. The molecule has 1 aliphatic heterocycles. The van der Waals surface area contributed by atoms with Gasteiger partial charge in [0, 0.05) is 11.3 Å². The van der Waals surface area contributed by atoms with Crippen molar-refractivity contribution >= 4 is 5.91 Å². The van der Waals surface area contributed by atoms with E-state index in [-0.39, 0.29) is 11.9 Å². The van der Waals surface area contributed by atoms with Crippen molar-refractivity contribution in [2.24, 2.45) is 0 Å². The minimum absolute atomic E-state index is 0.0372. The zero-order chi connectivity index (χ0) is 17.8. The molecule has 5 nitrogen and oxygen atoms in total. The number of amides is 1. The number of para-hydroxylation sites is 1. The monoisotopic (exact) mass is 341 g/mol. The zero-order valence-electron chi connectivity index (χ0n) is 15.3. The zero-order valence-corrected chi connectivity index (χ0v) is 15.3. The van der Waals surface area contributed by atoms with E-state index in [1.807, 2.05) is 41.9 Å². The largest absolute Gasteiger partial charge is 0.493 e. The van der Waals surface area contributed by atoms with Gasteiger partial charge in [-0.1, -0.05) is 32.0 Å². The van der Waals surface area contributed by atoms with E-state index in [0.29, 0.717) is 18.3 Å². The van der Waals surface area contributed by atoms with E-state index < -0.39 is 0 Å². The molecule has 0 aliphatic carbocycles. The van der Waals surface area contributed by atoms with Gasteiger partial charge in [-0.15, -0.1) is 0 Å². The number of fused-ring (bicyclic) bond motifs is 1. The van der Waals surface area contributed by atoms with Crippen LogP contribution in [0.3, 0.4) is 0 Å². The molecule has 1 aromatic heterocycles. The van der Waals surface area contributed by atoms with Crippen LogP contribution in [-0.4, -0.2) is 22.3 Å². The molecule has 1 amide bonds. The van der Waals surface area contributed by atoms with E-state index in [0.717, 1.165) is 42.7 Å². The molecule has 5 heteroatoms. The summed E-state index contributed by atoms with van der Waals surface area (Å²) in [5, 5.41) is 7.72. The van der Waals surface area contributed by atoms with Gasteiger partial charge < -0.3 is 10.1 Å². The van der Waals surface area contributed by atoms with Crippen molar-refractivity contribution in [2.75, 3.05) is 6.61 Å². The lowest BCUT2D eigenvalue weighted by atomic mass is 10.0. The maximum atomic E-state index is 12.8. The number of nitrogens with zero attached hydrogens (tertiary/aromatic N) is 2. The molecule has 2 heterocycles. The van der Waals surface area contributed by atoms with E-state index >= 15 is 0 Å². The van der Waals surface area contributed by atoms with Gasteiger partial charge in [0.2, 0.25) is 0 Å². The maximum absolute atomic E-state index is 12.8. The summed E-state index contributed by atoms with van der Waals surface area (Å²) in [6, 6.07) is 10.1. The highest BCUT2D eigenvalue weighted by Crippen LogP contribution is 2.31. The Morgan fingerprint density at radius 1 is 1.36 bits per heavy atom. The molecule has 0 spiro atoms. The molecule has 0 fully saturated rings. The number of aryl methyl sites for hydroxylation is 1. The SMILES string of the molecule is CCC(CC)n1nc(C(=O)N[C@@H]2CCCOc3ccccc32)cc1C. The van der Waals surface area contributed by atoms with Crippen LogP contribution in [0.1, 0.15) is 73.4 Å². The number of rotatable bonds is 5. The molecule has 1 aliphatic rings. The van der Waals surface area contributed by atoms with Crippen LogP contribution in [0, 0.1) is 6.92 Å². The van der Waals surface area contributed by atoms with Gasteiger partial charge in [0.25, 0.3) is 5.91 Å². The molecule has 2 aromatic rings. The van der Waals surface area contributed by atoms with Crippen LogP contribution in [-0.2, 0) is 0 Å². The predicted molar refractivity (Wildman–Crippen MR) is 98.0 cm³/mol. The fourth-order valence-corrected chi connectivity index (χ4v) is 3.51. The Balaban J connectivity index is 1.80. The number of ether oxygens (including phenoxy) is 1. The lowest BCUT2D eigenvalue weighted by Gasteiger charge is -2.18. The Hall–Kier alpha value is -2.30. The lowest BCUT2D eigenvalue weighted by molar-refractivity contribution is 0.0928. The number of nitrogens with one attached hydrogen (secondary N) is 1. The summed E-state index contributed by atoms with van der Waals surface area (Å²) in [4.78, 5) is 12.8. The van der Waals surface area contributed by atoms with E-state index in [2.05, 4.69) is 24.3 Å². The van der Waals surface area contributed by atoms with E-state index in [1.54, 1.807) is 0 Å². The molecule has 134 valence electrons. The van der Waals surface area contributed by atoms with Crippen LogP contribution in [0.2, 0.25) is 0 Å². The Kier molecular flexibility index (Phi) is 5.41. The van der Waals surface area contributed by atoms with Gasteiger partial charge in [0.05, 0.1) is 18.7 Å². The van der Waals surface area contributed by atoms with Crippen molar-refractivity contribution in [3.05, 3.63) is 47.3 Å². The van der Waals surface area contributed by atoms with Crippen LogP contribution in [0.25, 0.3) is 0 Å². The van der Waals surface area contributed by atoms with Crippen molar-refractivity contribution in [3.8, 4) is 5.75 Å². The third-order valence-corrected chi connectivity index (χ3v) is 4.94. The first-order valence-electron chi connectivity index (χ1n) is 9.22. The quantitative estimate of drug-likeness (QED) is 0.887. The molecule has 0 bridgehead atoms. The first-order chi connectivity index (χ1) is 12.1. The Morgan fingerprint density at radius 3 is 2.88 bits per heavy atom. The minimum atomic E-state index is -0.116. The summed E-state index contributed by atoms with van der Waals surface area (Å²) < 4.78 is 7.76. The highest BCUT2D eigenvalue weighted by atomic mass is 16.5. The van der Waals surface area contributed by atoms with Crippen LogP contribution in [0.4, 0.5) is 0 Å². The normalized spacial score (nSPS) is 16.9. The number of carbonyl (C=O) groups excluding carboxylic acids is 1. The van der Waals surface area contributed by atoms with E-state index in [1.165, 1.54) is 0 Å². The molecule has 1 aromatic carbocycles. The van der Waals surface area contributed by atoms with E-state index in [4.69, 9.17) is 4.74 Å². The van der Waals surface area contributed by atoms with Gasteiger partial charge in [-0.05, 0) is 44.7 Å². The van der Waals surface area contributed by atoms with Gasteiger partial charge >= 0.3 is 0 Å². The highest BCUT2D eigenvalue weighted by molar-refractivity contribution is 5.92. The standard InChI is InChI=1S/C20H27N3O2/c1-4-15(5-2)23-14(3)13-18(22-23)20(24)21-17-10-8-12-25-19-11-7-6-9-16(17)19/h6-7,9,11,13,15,17H,4-5,8,10,12H2,1-3H3,(H,21,24)/t17-/m1/s1. The summed E-state index contributed by atoms with van der Waals surface area (Å²) in [6.45, 7) is 7.00. The minimum Gasteiger partial charge on any atom is -0.493 e. The van der Waals surface area contributed by atoms with Crippen LogP contribution in [0.15, 0.2) is 30.3 Å². The van der Waals surface area contributed by atoms with Crippen LogP contribution < -0.4 is 10.1 Å². The fourth-order valence-electron chi connectivity index (χ4n) is 3.51. The second-order valence-electron chi connectivity index (χ2n) is 6.64. The average Bonchev–Trinajstić information content (AvgIpc) is 2.89. The number of carbonyl (C=O) groups is 1. The molecule has 3 rings (SSSR count). The number of benzene rings is 1. The summed E-state index contributed by atoms with van der Waals surface area (Å²) in [7, 11) is 0. The third-order valence-electron chi connectivity index (χ3n) is 4.94. The highest BCUT2D eigenvalue weighted by Gasteiger charge is 2.23. The second kappa shape index (κ2) is 7.72. The first-order valence-corrected chi connectivity index (χ1v) is 9.22. The van der Waals surface area contributed by atoms with Gasteiger partial charge in [-0.3, -0.25) is 9.48 Å². The molecule has 0 radical (unpaired) electrons. The topological polar surface area (TPSA) is 56.2 Å². The Labute approximate surface area is 149 Å². The second-order valence-corrected chi connectivity index (χ2v) is 6.64. The van der Waals surface area contributed by atoms with Gasteiger partial charge in [-0.2, -0.15) is 5.10 Å². The first kappa shape index (κ1) is 17.5. The van der Waals surface area contributed by atoms with Crippen molar-refractivity contribution in [1.82, 2.24) is 15.1 Å². The van der Waals surface area contributed by atoms with E-state index in [9.17, 15) is 4.79 Å². The molecule has 0 saturated carbocycles. The smallest absolute Gasteiger partial charge is 0.272 e. The van der Waals surface area contributed by atoms with Crippen molar-refractivity contribution in [1.29, 1.82) is 0 Å². The molecule has 1 N–H and O–H groups in total. The van der Waals surface area contributed by atoms with Crippen molar-refractivity contribution < 1.29 is 9.53 Å². The Bertz CT molecular complexity index is 734. The number of hydrogen-bond acceptors (Lipinski definition) is 3. The molecule has 1 atom stereocenters. The van der Waals surface area contributed by atoms with Crippen LogP contribution >= 0.6 is 0 Å². The van der Waals surface area contributed by atoms with Crippen molar-refractivity contribution in [3.63, 3.8) is 0 Å². The van der Waals surface area contributed by atoms with Gasteiger partial charge in [0.1, 0.15) is 11.4 Å².